The van der Waals surface area contributed by atoms with Crippen molar-refractivity contribution in [3.63, 3.8) is 0 Å². The van der Waals surface area contributed by atoms with Gasteiger partial charge < -0.3 is 29.7 Å². The molecule has 0 bridgehead atoms. The fourth-order valence-corrected chi connectivity index (χ4v) is 4.95. The number of ether oxygens (including phenoxy) is 2. The third kappa shape index (κ3) is 7.18. The van der Waals surface area contributed by atoms with Crippen molar-refractivity contribution in [2.75, 3.05) is 71.5 Å². The molecule has 1 saturated heterocycles. The third-order valence-corrected chi connectivity index (χ3v) is 7.47. The van der Waals surface area contributed by atoms with Gasteiger partial charge in [0.25, 0.3) is 5.91 Å². The summed E-state index contributed by atoms with van der Waals surface area (Å²) in [5.41, 5.74) is 0.994. The quantitative estimate of drug-likeness (QED) is 0.505. The van der Waals surface area contributed by atoms with E-state index in [1.165, 1.54) is 12.8 Å². The molecule has 0 spiro atoms. The monoisotopic (exact) mass is 502 g/mol. The number of hydrogen-bond acceptors (Lipinski definition) is 7. The zero-order valence-corrected chi connectivity index (χ0v) is 21.9. The molecule has 3 aliphatic rings. The average Bonchev–Trinajstić information content (AvgIpc) is 3.69. The topological polar surface area (TPSA) is 94.6 Å². The molecule has 1 saturated carbocycles. The van der Waals surface area contributed by atoms with Gasteiger partial charge in [-0.1, -0.05) is 6.92 Å². The Bertz CT molecular complexity index is 902. The van der Waals surface area contributed by atoms with E-state index in [1.807, 2.05) is 6.92 Å². The Labute approximate surface area is 214 Å². The second-order valence-electron chi connectivity index (χ2n) is 10.8. The molecule has 2 N–H and O–H groups in total. The summed E-state index contributed by atoms with van der Waals surface area (Å²) in [6.07, 6.45) is 2.88. The Hall–Kier alpha value is -2.20. The lowest BCUT2D eigenvalue weighted by molar-refractivity contribution is -0.116. The Morgan fingerprint density at radius 1 is 1.25 bits per heavy atom. The zero-order chi connectivity index (χ0) is 25.7. The van der Waals surface area contributed by atoms with Gasteiger partial charge in [0.2, 0.25) is 5.91 Å². The van der Waals surface area contributed by atoms with Crippen molar-refractivity contribution in [2.45, 2.75) is 45.3 Å². The summed E-state index contributed by atoms with van der Waals surface area (Å²) < 4.78 is 11.8. The minimum absolute atomic E-state index is 0.0885. The summed E-state index contributed by atoms with van der Waals surface area (Å²) in [5, 5.41) is 12.8. The van der Waals surface area contributed by atoms with Crippen molar-refractivity contribution in [3.05, 3.63) is 23.8 Å². The van der Waals surface area contributed by atoms with Crippen molar-refractivity contribution in [1.29, 1.82) is 0 Å². The molecule has 36 heavy (non-hydrogen) atoms. The Kier molecular flexibility index (Phi) is 9.22. The highest BCUT2D eigenvalue weighted by atomic mass is 16.5. The molecule has 1 aromatic rings. The molecule has 1 aliphatic carbocycles. The first-order valence-corrected chi connectivity index (χ1v) is 13.3. The maximum absolute atomic E-state index is 13.6. The average molecular weight is 503 g/mol. The van der Waals surface area contributed by atoms with E-state index in [1.54, 1.807) is 23.1 Å². The van der Waals surface area contributed by atoms with Crippen LogP contribution in [0, 0.1) is 11.8 Å². The van der Waals surface area contributed by atoms with Crippen LogP contribution in [0.5, 0.6) is 5.75 Å². The van der Waals surface area contributed by atoms with Crippen LogP contribution in [-0.4, -0.2) is 110 Å². The van der Waals surface area contributed by atoms with E-state index in [0.29, 0.717) is 49.7 Å². The Balaban J connectivity index is 1.49. The molecule has 0 aromatic heterocycles. The third-order valence-electron chi connectivity index (χ3n) is 7.47. The van der Waals surface area contributed by atoms with Crippen LogP contribution in [-0.2, 0) is 9.53 Å². The molecule has 2 heterocycles. The number of benzene rings is 1. The zero-order valence-electron chi connectivity index (χ0n) is 21.9. The van der Waals surface area contributed by atoms with Crippen molar-refractivity contribution >= 4 is 17.5 Å². The molecular weight excluding hydrogens is 460 g/mol. The highest BCUT2D eigenvalue weighted by Gasteiger charge is 2.34. The van der Waals surface area contributed by atoms with Gasteiger partial charge in [0, 0.05) is 57.3 Å². The van der Waals surface area contributed by atoms with E-state index in [0.717, 1.165) is 32.1 Å². The van der Waals surface area contributed by atoms with Crippen LogP contribution in [0.25, 0.3) is 0 Å². The van der Waals surface area contributed by atoms with Gasteiger partial charge in [-0.2, -0.15) is 0 Å². The highest BCUT2D eigenvalue weighted by Crippen LogP contribution is 2.32. The van der Waals surface area contributed by atoms with Crippen molar-refractivity contribution in [3.8, 4) is 5.75 Å². The molecule has 0 radical (unpaired) electrons. The number of aliphatic hydroxyl groups excluding tert-OH is 1. The number of carbonyl (C=O) groups is 2. The van der Waals surface area contributed by atoms with Crippen LogP contribution in [0.4, 0.5) is 5.69 Å². The van der Waals surface area contributed by atoms with Crippen molar-refractivity contribution in [1.82, 2.24) is 14.7 Å². The number of nitrogens with zero attached hydrogens (tertiary/aromatic N) is 3. The number of likely N-dealkylation sites (N-methyl/N-ethyl adjacent to an activating group) is 1. The lowest BCUT2D eigenvalue weighted by atomic mass is 9.99. The minimum atomic E-state index is -0.317. The van der Waals surface area contributed by atoms with Crippen LogP contribution >= 0.6 is 0 Å². The summed E-state index contributed by atoms with van der Waals surface area (Å²) in [7, 11) is 2.13. The summed E-state index contributed by atoms with van der Waals surface area (Å²) in [5.74, 6) is 1.13. The summed E-state index contributed by atoms with van der Waals surface area (Å²) >= 11 is 0. The molecule has 0 unspecified atom stereocenters. The summed E-state index contributed by atoms with van der Waals surface area (Å²) in [6, 6.07) is 4.99. The lowest BCUT2D eigenvalue weighted by Crippen LogP contribution is -2.50. The fraction of sp³-hybridized carbons (Fsp3) is 0.704. The summed E-state index contributed by atoms with van der Waals surface area (Å²) in [6.45, 7) is 9.94. The van der Waals surface area contributed by atoms with Crippen LogP contribution in [0.15, 0.2) is 18.2 Å². The molecular formula is C27H42N4O5. The van der Waals surface area contributed by atoms with Gasteiger partial charge in [0.1, 0.15) is 11.9 Å². The number of nitrogens with one attached hydrogen (secondary N) is 1. The maximum Gasteiger partial charge on any atom is 0.258 e. The molecule has 2 aliphatic heterocycles. The molecule has 1 aromatic carbocycles. The smallest absolute Gasteiger partial charge is 0.258 e. The standard InChI is InChI=1S/C27H42N4O5/c1-19-15-31(20(2)18-32)27(34)23-14-22(28-26(33)8-9-30-10-12-35-13-11-30)6-7-24(23)36-25(19)17-29(3)16-21-4-5-21/h6-7,14,19-21,25,32H,4-5,8-13,15-18H2,1-3H3,(H,28,33)/t19-,20+,25-/m0/s1. The molecule has 9 heteroatoms. The van der Waals surface area contributed by atoms with Crippen molar-refractivity contribution in [2.24, 2.45) is 11.8 Å². The van der Waals surface area contributed by atoms with E-state index in [-0.39, 0.29) is 36.5 Å². The van der Waals surface area contributed by atoms with Crippen LogP contribution in [0.3, 0.4) is 0 Å². The second-order valence-corrected chi connectivity index (χ2v) is 10.8. The first-order chi connectivity index (χ1) is 17.3. The van der Waals surface area contributed by atoms with Crippen LogP contribution < -0.4 is 10.1 Å². The van der Waals surface area contributed by atoms with Crippen molar-refractivity contribution < 1.29 is 24.2 Å². The van der Waals surface area contributed by atoms with E-state index in [4.69, 9.17) is 9.47 Å². The van der Waals surface area contributed by atoms with Gasteiger partial charge in [0.05, 0.1) is 31.4 Å². The molecule has 9 nitrogen and oxygen atoms in total. The Morgan fingerprint density at radius 2 is 2.00 bits per heavy atom. The SMILES string of the molecule is C[C@H](CO)N1C[C@H](C)[C@H](CN(C)CC2CC2)Oc2ccc(NC(=O)CCN3CCOCC3)cc2C1=O. The minimum Gasteiger partial charge on any atom is -0.488 e. The van der Waals surface area contributed by atoms with Gasteiger partial charge in [-0.3, -0.25) is 14.5 Å². The number of hydrogen-bond donors (Lipinski definition) is 2. The maximum atomic E-state index is 13.6. The number of rotatable bonds is 10. The first kappa shape index (κ1) is 26.9. The number of fused-ring (bicyclic) bond motifs is 1. The summed E-state index contributed by atoms with van der Waals surface area (Å²) in [4.78, 5) is 32.5. The van der Waals surface area contributed by atoms with Gasteiger partial charge in [0.15, 0.2) is 0 Å². The second kappa shape index (κ2) is 12.4. The Morgan fingerprint density at radius 3 is 2.69 bits per heavy atom. The van der Waals surface area contributed by atoms with Crippen LogP contribution in [0.2, 0.25) is 0 Å². The van der Waals surface area contributed by atoms with E-state index >= 15 is 0 Å². The number of morpholine rings is 1. The molecule has 2 amide bonds. The number of amides is 2. The predicted octanol–water partition coefficient (Wildman–Crippen LogP) is 1.91. The molecule has 200 valence electrons. The number of aliphatic hydroxyl groups is 1. The molecule has 4 rings (SSSR count). The van der Waals surface area contributed by atoms with Gasteiger partial charge in [-0.05, 0) is 50.9 Å². The fourth-order valence-electron chi connectivity index (χ4n) is 4.95. The highest BCUT2D eigenvalue weighted by molar-refractivity contribution is 5.99. The lowest BCUT2D eigenvalue weighted by Gasteiger charge is -2.38. The largest absolute Gasteiger partial charge is 0.488 e. The van der Waals surface area contributed by atoms with Crippen LogP contribution in [0.1, 0.15) is 43.5 Å². The normalized spacial score (nSPS) is 24.0. The predicted molar refractivity (Wildman–Crippen MR) is 138 cm³/mol. The number of anilines is 1. The van der Waals surface area contributed by atoms with Gasteiger partial charge in [-0.15, -0.1) is 0 Å². The molecule has 2 fully saturated rings. The molecule has 3 atom stereocenters. The van der Waals surface area contributed by atoms with E-state index in [2.05, 4.69) is 29.1 Å². The van der Waals surface area contributed by atoms with Gasteiger partial charge >= 0.3 is 0 Å². The van der Waals surface area contributed by atoms with Gasteiger partial charge in [-0.25, -0.2) is 0 Å². The number of carbonyl (C=O) groups excluding carboxylic acids is 2. The first-order valence-electron chi connectivity index (χ1n) is 13.3. The van der Waals surface area contributed by atoms with E-state index in [9.17, 15) is 14.7 Å². The van der Waals surface area contributed by atoms with E-state index < -0.39 is 0 Å².